The first-order valence-electron chi connectivity index (χ1n) is 14.1. The molecule has 0 aliphatic heterocycles. The van der Waals surface area contributed by atoms with E-state index in [0.717, 1.165) is 50.0 Å². The Morgan fingerprint density at radius 3 is 2.48 bits per heavy atom. The molecule has 0 spiro atoms. The van der Waals surface area contributed by atoms with Crippen LogP contribution in [0.3, 0.4) is 0 Å². The fourth-order valence-corrected chi connectivity index (χ4v) is 6.11. The zero-order valence-corrected chi connectivity index (χ0v) is 24.8. The van der Waals surface area contributed by atoms with Gasteiger partial charge in [-0.1, -0.05) is 37.9 Å². The van der Waals surface area contributed by atoms with Gasteiger partial charge in [-0.25, -0.2) is 4.98 Å². The average Bonchev–Trinajstić information content (AvgIpc) is 3.36. The van der Waals surface area contributed by atoms with Gasteiger partial charge in [0.25, 0.3) is 0 Å². The molecule has 1 saturated carbocycles. The number of pyridine rings is 1. The number of allylic oxidation sites excluding steroid dienone is 4. The Labute approximate surface area is 235 Å². The summed E-state index contributed by atoms with van der Waals surface area (Å²) >= 11 is 0. The number of methoxy groups -OCH3 is 1. The summed E-state index contributed by atoms with van der Waals surface area (Å²) in [6, 6.07) is 4.60. The minimum Gasteiger partial charge on any atom is -0.469 e. The number of aromatic nitrogens is 3. The SMILES string of the molecule is COC(=O)CC1CCC(C2=CCC(c3ccc(-c4nc(C(F)(F)F)cn4COCC[Si](C)(C)C)cn3)C=C2)CC1. The summed E-state index contributed by atoms with van der Waals surface area (Å²) in [6.07, 6.45) is 10.3. The highest BCUT2D eigenvalue weighted by molar-refractivity contribution is 6.76. The second-order valence-electron chi connectivity index (χ2n) is 12.1. The molecular weight excluding hydrogens is 535 g/mol. The molecular formula is C30H40F3N3O3Si. The lowest BCUT2D eigenvalue weighted by molar-refractivity contribution is -0.142. The minimum absolute atomic E-state index is 0.00812. The van der Waals surface area contributed by atoms with Gasteiger partial charge in [-0.05, 0) is 67.7 Å². The molecule has 10 heteroatoms. The molecule has 0 aromatic carbocycles. The van der Waals surface area contributed by atoms with Crippen molar-refractivity contribution in [2.75, 3.05) is 13.7 Å². The van der Waals surface area contributed by atoms with Crippen molar-refractivity contribution < 1.29 is 27.4 Å². The number of esters is 1. The number of halogens is 3. The summed E-state index contributed by atoms with van der Waals surface area (Å²) in [5, 5.41) is 0. The van der Waals surface area contributed by atoms with E-state index in [-0.39, 0.29) is 24.4 Å². The second kappa shape index (κ2) is 12.8. The number of rotatable bonds is 10. The maximum Gasteiger partial charge on any atom is 0.434 e. The van der Waals surface area contributed by atoms with Crippen molar-refractivity contribution in [2.24, 2.45) is 11.8 Å². The standard InChI is InChI=1S/C30H40F3N3O3Si/c1-38-28(37)17-21-5-7-22(8-6-21)23-9-11-24(12-10-23)26-14-13-25(18-34-26)29-35-27(30(31,32)33)19-36(29)20-39-15-16-40(2,3)4/h9-11,13-14,18-19,21-22,24H,5-8,12,15-17,20H2,1-4H3. The van der Waals surface area contributed by atoms with Crippen LogP contribution in [0.5, 0.6) is 0 Å². The van der Waals surface area contributed by atoms with E-state index in [9.17, 15) is 18.0 Å². The summed E-state index contributed by atoms with van der Waals surface area (Å²) in [6.45, 7) is 7.20. The van der Waals surface area contributed by atoms with Gasteiger partial charge in [0, 0.05) is 50.7 Å². The molecule has 1 atom stereocenters. The molecule has 0 bridgehead atoms. The van der Waals surface area contributed by atoms with Gasteiger partial charge in [0.15, 0.2) is 5.69 Å². The summed E-state index contributed by atoms with van der Waals surface area (Å²) in [5.41, 5.74) is 1.80. The largest absolute Gasteiger partial charge is 0.469 e. The molecule has 1 fully saturated rings. The number of alkyl halides is 3. The Balaban J connectivity index is 1.38. The van der Waals surface area contributed by atoms with Crippen LogP contribution in [0.1, 0.15) is 55.8 Å². The van der Waals surface area contributed by atoms with Crippen molar-refractivity contribution in [3.8, 4) is 11.4 Å². The number of imidazole rings is 1. The van der Waals surface area contributed by atoms with E-state index >= 15 is 0 Å². The number of ether oxygens (including phenoxy) is 2. The predicted molar refractivity (Wildman–Crippen MR) is 151 cm³/mol. The van der Waals surface area contributed by atoms with Crippen LogP contribution < -0.4 is 0 Å². The lowest BCUT2D eigenvalue weighted by Gasteiger charge is -2.30. The first-order chi connectivity index (χ1) is 18.9. The van der Waals surface area contributed by atoms with Crippen molar-refractivity contribution >= 4 is 14.0 Å². The number of nitrogens with zero attached hydrogens (tertiary/aromatic N) is 3. The topological polar surface area (TPSA) is 66.2 Å². The van der Waals surface area contributed by atoms with E-state index in [0.29, 0.717) is 30.4 Å². The van der Waals surface area contributed by atoms with Crippen LogP contribution in [-0.4, -0.2) is 42.3 Å². The Bertz CT molecular complexity index is 1210. The van der Waals surface area contributed by atoms with Crippen LogP contribution in [0.4, 0.5) is 13.2 Å². The van der Waals surface area contributed by atoms with Crippen molar-refractivity contribution in [1.29, 1.82) is 0 Å². The lowest BCUT2D eigenvalue weighted by atomic mass is 9.75. The molecule has 0 radical (unpaired) electrons. The van der Waals surface area contributed by atoms with E-state index in [1.54, 1.807) is 12.3 Å². The molecule has 2 aromatic heterocycles. The fraction of sp³-hybridized carbons (Fsp3) is 0.567. The smallest absolute Gasteiger partial charge is 0.434 e. The van der Waals surface area contributed by atoms with Gasteiger partial charge in [-0.15, -0.1) is 0 Å². The van der Waals surface area contributed by atoms with Gasteiger partial charge in [0.05, 0.1) is 7.11 Å². The van der Waals surface area contributed by atoms with Gasteiger partial charge in [0.1, 0.15) is 12.6 Å². The number of hydrogen-bond donors (Lipinski definition) is 0. The molecule has 218 valence electrons. The van der Waals surface area contributed by atoms with E-state index in [1.165, 1.54) is 17.3 Å². The summed E-state index contributed by atoms with van der Waals surface area (Å²) < 4.78 is 52.3. The molecule has 2 aromatic rings. The van der Waals surface area contributed by atoms with Crippen LogP contribution in [0.2, 0.25) is 25.7 Å². The molecule has 1 unspecified atom stereocenters. The molecule has 2 heterocycles. The third-order valence-electron chi connectivity index (χ3n) is 7.85. The average molecular weight is 576 g/mol. The van der Waals surface area contributed by atoms with Crippen LogP contribution in [0, 0.1) is 11.8 Å². The normalized spacial score (nSPS) is 21.8. The van der Waals surface area contributed by atoms with E-state index in [2.05, 4.69) is 47.8 Å². The van der Waals surface area contributed by atoms with E-state index in [4.69, 9.17) is 9.47 Å². The van der Waals surface area contributed by atoms with Crippen molar-refractivity contribution in [3.63, 3.8) is 0 Å². The lowest BCUT2D eigenvalue weighted by Crippen LogP contribution is -2.22. The molecule has 2 aliphatic carbocycles. The predicted octanol–water partition coefficient (Wildman–Crippen LogP) is 7.62. The number of carbonyl (C=O) groups is 1. The van der Waals surface area contributed by atoms with Gasteiger partial charge < -0.3 is 14.0 Å². The van der Waals surface area contributed by atoms with Crippen molar-refractivity contribution in [3.05, 3.63) is 59.7 Å². The maximum absolute atomic E-state index is 13.4. The summed E-state index contributed by atoms with van der Waals surface area (Å²) in [4.78, 5) is 20.1. The Hall–Kier alpha value is -2.72. The third-order valence-corrected chi connectivity index (χ3v) is 9.55. The zero-order chi connectivity index (χ0) is 28.9. The second-order valence-corrected chi connectivity index (χ2v) is 17.8. The number of hydrogen-bond acceptors (Lipinski definition) is 5. The molecule has 2 aliphatic rings. The van der Waals surface area contributed by atoms with Crippen molar-refractivity contribution in [1.82, 2.24) is 14.5 Å². The Morgan fingerprint density at radius 2 is 1.90 bits per heavy atom. The van der Waals surface area contributed by atoms with Crippen LogP contribution in [0.25, 0.3) is 11.4 Å². The summed E-state index contributed by atoms with van der Waals surface area (Å²) in [7, 11) is 0.130. The molecule has 0 amide bonds. The van der Waals surface area contributed by atoms with Crippen molar-refractivity contribution in [2.45, 2.75) is 83.0 Å². The highest BCUT2D eigenvalue weighted by Crippen LogP contribution is 2.38. The van der Waals surface area contributed by atoms with Gasteiger partial charge in [-0.2, -0.15) is 13.2 Å². The monoisotopic (exact) mass is 575 g/mol. The quantitative estimate of drug-likeness (QED) is 0.166. The van der Waals surface area contributed by atoms with Crippen LogP contribution in [-0.2, 0) is 27.2 Å². The highest BCUT2D eigenvalue weighted by Gasteiger charge is 2.35. The Kier molecular flexibility index (Phi) is 9.71. The highest BCUT2D eigenvalue weighted by atomic mass is 28.3. The fourth-order valence-electron chi connectivity index (χ4n) is 5.36. The minimum atomic E-state index is -4.54. The van der Waals surface area contributed by atoms with E-state index in [1.807, 2.05) is 6.07 Å². The van der Waals surface area contributed by atoms with Crippen LogP contribution in [0.15, 0.2) is 48.3 Å². The maximum atomic E-state index is 13.4. The first-order valence-corrected chi connectivity index (χ1v) is 17.8. The van der Waals surface area contributed by atoms with E-state index < -0.39 is 19.9 Å². The summed E-state index contributed by atoms with van der Waals surface area (Å²) in [5.74, 6) is 1.10. The van der Waals surface area contributed by atoms with Crippen LogP contribution >= 0.6 is 0 Å². The molecule has 0 saturated heterocycles. The molecule has 4 rings (SSSR count). The first kappa shape index (κ1) is 30.2. The molecule has 6 nitrogen and oxygen atoms in total. The Morgan fingerprint density at radius 1 is 1.15 bits per heavy atom. The number of carbonyl (C=O) groups excluding carboxylic acids is 1. The third kappa shape index (κ3) is 8.16. The zero-order valence-electron chi connectivity index (χ0n) is 23.8. The van der Waals surface area contributed by atoms with Gasteiger partial charge in [-0.3, -0.25) is 9.78 Å². The molecule has 40 heavy (non-hydrogen) atoms. The molecule has 0 N–H and O–H groups in total. The van der Waals surface area contributed by atoms with Gasteiger partial charge >= 0.3 is 12.1 Å². The van der Waals surface area contributed by atoms with Gasteiger partial charge in [0.2, 0.25) is 0 Å².